The molecule has 0 aliphatic carbocycles. The lowest BCUT2D eigenvalue weighted by atomic mass is 9.95. The van der Waals surface area contributed by atoms with Gasteiger partial charge in [0, 0.05) is 36.7 Å². The third-order valence-corrected chi connectivity index (χ3v) is 5.07. The number of ketones is 1. The van der Waals surface area contributed by atoms with Gasteiger partial charge in [-0.2, -0.15) is 0 Å². The molecule has 1 aliphatic heterocycles. The highest BCUT2D eigenvalue weighted by Gasteiger charge is 2.23. The first-order chi connectivity index (χ1) is 12.6. The van der Waals surface area contributed by atoms with Gasteiger partial charge in [-0.1, -0.05) is 48.9 Å². The Morgan fingerprint density at radius 2 is 1.92 bits per heavy atom. The van der Waals surface area contributed by atoms with E-state index in [1.807, 2.05) is 6.07 Å². The van der Waals surface area contributed by atoms with Crippen LogP contribution in [0.25, 0.3) is 0 Å². The number of carbonyl (C=O) groups is 1. The van der Waals surface area contributed by atoms with Gasteiger partial charge in [0.2, 0.25) is 0 Å². The van der Waals surface area contributed by atoms with Crippen LogP contribution in [0.5, 0.6) is 0 Å². The summed E-state index contributed by atoms with van der Waals surface area (Å²) >= 11 is 0. The molecule has 0 N–H and O–H groups in total. The molecule has 26 heavy (non-hydrogen) atoms. The van der Waals surface area contributed by atoms with Gasteiger partial charge in [-0.25, -0.2) is 0 Å². The maximum Gasteiger partial charge on any atom is 0.270 e. The van der Waals surface area contributed by atoms with Crippen LogP contribution in [0.15, 0.2) is 54.6 Å². The molecule has 0 radical (unpaired) electrons. The van der Waals surface area contributed by atoms with E-state index in [0.717, 1.165) is 25.8 Å². The van der Waals surface area contributed by atoms with Crippen LogP contribution in [0.4, 0.5) is 5.69 Å². The van der Waals surface area contributed by atoms with Crippen LogP contribution in [0.2, 0.25) is 0 Å². The predicted octanol–water partition coefficient (Wildman–Crippen LogP) is 4.26. The molecule has 0 amide bonds. The Hall–Kier alpha value is -2.53. The standard InChI is InChI=1S/C21H24N2O3/c24-21(18-9-6-11-20(16-18)23(25)26)12-14-22-13-5-4-10-19(22)15-17-7-2-1-3-8-17/h1-3,6-9,11,16,19H,4-5,10,12-15H2. The summed E-state index contributed by atoms with van der Waals surface area (Å²) in [6, 6.07) is 16.9. The van der Waals surface area contributed by atoms with Crippen LogP contribution < -0.4 is 0 Å². The van der Waals surface area contributed by atoms with Gasteiger partial charge in [0.15, 0.2) is 5.78 Å². The van der Waals surface area contributed by atoms with Crippen molar-refractivity contribution >= 4 is 11.5 Å². The Bertz CT molecular complexity index is 761. The minimum Gasteiger partial charge on any atom is -0.300 e. The smallest absolute Gasteiger partial charge is 0.270 e. The molecule has 0 aromatic heterocycles. The van der Waals surface area contributed by atoms with Crippen LogP contribution in [0.3, 0.4) is 0 Å². The molecule has 1 heterocycles. The van der Waals surface area contributed by atoms with Gasteiger partial charge in [-0.15, -0.1) is 0 Å². The van der Waals surface area contributed by atoms with Crippen LogP contribution in [-0.4, -0.2) is 34.7 Å². The Balaban J connectivity index is 1.60. The summed E-state index contributed by atoms with van der Waals surface area (Å²) in [4.78, 5) is 25.3. The van der Waals surface area contributed by atoms with Crippen molar-refractivity contribution in [1.29, 1.82) is 0 Å². The lowest BCUT2D eigenvalue weighted by Gasteiger charge is -2.35. The number of benzene rings is 2. The number of hydrogen-bond acceptors (Lipinski definition) is 4. The molecule has 1 unspecified atom stereocenters. The zero-order chi connectivity index (χ0) is 18.4. The molecule has 0 saturated carbocycles. The third kappa shape index (κ3) is 4.76. The molecular weight excluding hydrogens is 328 g/mol. The van der Waals surface area contributed by atoms with Crippen LogP contribution in [0, 0.1) is 10.1 Å². The zero-order valence-electron chi connectivity index (χ0n) is 14.8. The molecule has 1 atom stereocenters. The van der Waals surface area contributed by atoms with Gasteiger partial charge >= 0.3 is 0 Å². The number of piperidine rings is 1. The van der Waals surface area contributed by atoms with Crippen molar-refractivity contribution in [3.05, 3.63) is 75.8 Å². The topological polar surface area (TPSA) is 63.5 Å². The van der Waals surface area contributed by atoms with Crippen molar-refractivity contribution in [2.75, 3.05) is 13.1 Å². The number of nitrogens with zero attached hydrogens (tertiary/aromatic N) is 2. The molecule has 2 aromatic rings. The summed E-state index contributed by atoms with van der Waals surface area (Å²) in [6.45, 7) is 1.72. The molecule has 136 valence electrons. The normalized spacial score (nSPS) is 17.8. The van der Waals surface area contributed by atoms with E-state index >= 15 is 0 Å². The number of likely N-dealkylation sites (tertiary alicyclic amines) is 1. The molecule has 1 fully saturated rings. The van der Waals surface area contributed by atoms with Crippen LogP contribution >= 0.6 is 0 Å². The first-order valence-electron chi connectivity index (χ1n) is 9.19. The highest BCUT2D eigenvalue weighted by molar-refractivity contribution is 5.96. The van der Waals surface area contributed by atoms with Crippen LogP contribution in [0.1, 0.15) is 41.6 Å². The van der Waals surface area contributed by atoms with Crippen molar-refractivity contribution in [3.8, 4) is 0 Å². The largest absolute Gasteiger partial charge is 0.300 e. The van der Waals surface area contributed by atoms with Crippen molar-refractivity contribution in [3.63, 3.8) is 0 Å². The lowest BCUT2D eigenvalue weighted by Crippen LogP contribution is -2.41. The SMILES string of the molecule is O=C(CCN1CCCCC1Cc1ccccc1)c1cccc([N+](=O)[O-])c1. The molecule has 0 bridgehead atoms. The number of Topliss-reactive ketones (excluding diaryl/α,β-unsaturated/α-hetero) is 1. The Morgan fingerprint density at radius 3 is 2.69 bits per heavy atom. The number of carbonyl (C=O) groups excluding carboxylic acids is 1. The van der Waals surface area contributed by atoms with Gasteiger partial charge in [-0.3, -0.25) is 19.8 Å². The first-order valence-corrected chi connectivity index (χ1v) is 9.19. The van der Waals surface area contributed by atoms with E-state index in [9.17, 15) is 14.9 Å². The molecule has 1 aliphatic rings. The van der Waals surface area contributed by atoms with E-state index in [1.165, 1.54) is 24.1 Å². The van der Waals surface area contributed by atoms with Crippen molar-refractivity contribution in [2.24, 2.45) is 0 Å². The summed E-state index contributed by atoms with van der Waals surface area (Å²) in [5.41, 5.74) is 1.72. The number of rotatable bonds is 7. The maximum atomic E-state index is 12.5. The second kappa shape index (κ2) is 8.72. The second-order valence-corrected chi connectivity index (χ2v) is 6.86. The van der Waals surface area contributed by atoms with E-state index in [4.69, 9.17) is 0 Å². The molecule has 1 saturated heterocycles. The number of hydrogen-bond donors (Lipinski definition) is 0. The molecule has 3 rings (SSSR count). The molecular formula is C21H24N2O3. The fourth-order valence-electron chi connectivity index (χ4n) is 3.65. The van der Waals surface area contributed by atoms with E-state index in [1.54, 1.807) is 12.1 Å². The first kappa shape index (κ1) is 18.3. The van der Waals surface area contributed by atoms with E-state index in [2.05, 4.69) is 29.2 Å². The molecule has 0 spiro atoms. The van der Waals surface area contributed by atoms with Gasteiger partial charge in [0.05, 0.1) is 4.92 Å². The van der Waals surface area contributed by atoms with Crippen molar-refractivity contribution < 1.29 is 9.72 Å². The fourth-order valence-corrected chi connectivity index (χ4v) is 3.65. The summed E-state index contributed by atoms with van der Waals surface area (Å²) < 4.78 is 0. The fraction of sp³-hybridized carbons (Fsp3) is 0.381. The Kier molecular flexibility index (Phi) is 6.12. The number of nitro groups is 1. The van der Waals surface area contributed by atoms with Crippen molar-refractivity contribution in [1.82, 2.24) is 4.90 Å². The second-order valence-electron chi connectivity index (χ2n) is 6.86. The highest BCUT2D eigenvalue weighted by atomic mass is 16.6. The predicted molar refractivity (Wildman–Crippen MR) is 101 cm³/mol. The van der Waals surface area contributed by atoms with E-state index in [-0.39, 0.29) is 11.5 Å². The van der Waals surface area contributed by atoms with Gasteiger partial charge in [0.1, 0.15) is 0 Å². The Labute approximate surface area is 153 Å². The van der Waals surface area contributed by atoms with E-state index < -0.39 is 4.92 Å². The summed E-state index contributed by atoms with van der Waals surface area (Å²) in [7, 11) is 0. The number of non-ortho nitro benzene ring substituents is 1. The monoisotopic (exact) mass is 352 g/mol. The lowest BCUT2D eigenvalue weighted by molar-refractivity contribution is -0.384. The average Bonchev–Trinajstić information content (AvgIpc) is 2.68. The Morgan fingerprint density at radius 1 is 1.12 bits per heavy atom. The van der Waals surface area contributed by atoms with E-state index in [0.29, 0.717) is 24.6 Å². The third-order valence-electron chi connectivity index (χ3n) is 5.07. The number of nitro benzene ring substituents is 1. The van der Waals surface area contributed by atoms with Crippen molar-refractivity contribution in [2.45, 2.75) is 38.1 Å². The van der Waals surface area contributed by atoms with Crippen LogP contribution in [-0.2, 0) is 6.42 Å². The molecule has 5 nitrogen and oxygen atoms in total. The molecule has 5 heteroatoms. The van der Waals surface area contributed by atoms with Gasteiger partial charge < -0.3 is 0 Å². The van der Waals surface area contributed by atoms with Gasteiger partial charge in [0.25, 0.3) is 5.69 Å². The summed E-state index contributed by atoms with van der Waals surface area (Å²) in [6.07, 6.45) is 4.95. The highest BCUT2D eigenvalue weighted by Crippen LogP contribution is 2.22. The quantitative estimate of drug-likeness (QED) is 0.424. The summed E-state index contributed by atoms with van der Waals surface area (Å²) in [5, 5.41) is 10.9. The maximum absolute atomic E-state index is 12.5. The zero-order valence-corrected chi connectivity index (χ0v) is 14.8. The summed E-state index contributed by atoms with van der Waals surface area (Å²) in [5.74, 6) is -0.0299. The molecule has 2 aromatic carbocycles. The average molecular weight is 352 g/mol. The minimum atomic E-state index is -0.461. The van der Waals surface area contributed by atoms with Gasteiger partial charge in [-0.05, 0) is 31.4 Å². The minimum absolute atomic E-state index is 0.0299.